The van der Waals surface area contributed by atoms with Gasteiger partial charge < -0.3 is 9.31 Å². The predicted molar refractivity (Wildman–Crippen MR) is 99.2 cm³/mol. The standard InChI is InChI=1S/C20H33BO2/c1-7-9-10-16(8-2)15-17-11-13-18(14-12-17)21-22-19(3,4)20(5,6)23-21/h11-14,16H,7-10,15H2,1-6H3. The Labute approximate surface area is 143 Å². The van der Waals surface area contributed by atoms with Gasteiger partial charge in [-0.1, -0.05) is 63.8 Å². The Kier molecular flexibility index (Phi) is 5.96. The van der Waals surface area contributed by atoms with Gasteiger partial charge >= 0.3 is 7.12 Å². The van der Waals surface area contributed by atoms with Crippen molar-refractivity contribution < 1.29 is 9.31 Å². The van der Waals surface area contributed by atoms with E-state index < -0.39 is 0 Å². The minimum Gasteiger partial charge on any atom is -0.399 e. The lowest BCUT2D eigenvalue weighted by Crippen LogP contribution is -2.41. The quantitative estimate of drug-likeness (QED) is 0.676. The second-order valence-electron chi connectivity index (χ2n) is 7.95. The third-order valence-corrected chi connectivity index (χ3v) is 5.57. The van der Waals surface area contributed by atoms with Crippen LogP contribution in [0.1, 0.15) is 72.8 Å². The average molecular weight is 316 g/mol. The van der Waals surface area contributed by atoms with Crippen LogP contribution < -0.4 is 5.46 Å². The molecule has 1 aromatic carbocycles. The molecule has 2 nitrogen and oxygen atoms in total. The molecule has 1 aromatic rings. The Morgan fingerprint density at radius 1 is 0.957 bits per heavy atom. The van der Waals surface area contributed by atoms with E-state index in [4.69, 9.17) is 9.31 Å². The highest BCUT2D eigenvalue weighted by Gasteiger charge is 2.51. The second-order valence-corrected chi connectivity index (χ2v) is 7.95. The van der Waals surface area contributed by atoms with Gasteiger partial charge in [0.15, 0.2) is 0 Å². The molecule has 0 radical (unpaired) electrons. The molecule has 1 unspecified atom stereocenters. The van der Waals surface area contributed by atoms with E-state index in [0.717, 1.165) is 11.4 Å². The van der Waals surface area contributed by atoms with Crippen molar-refractivity contribution >= 4 is 12.6 Å². The SMILES string of the molecule is CCCCC(CC)Cc1ccc(B2OC(C)(C)C(C)(C)O2)cc1. The Balaban J connectivity index is 2.00. The van der Waals surface area contributed by atoms with Gasteiger partial charge in [-0.25, -0.2) is 0 Å². The van der Waals surface area contributed by atoms with E-state index in [0.29, 0.717) is 0 Å². The minimum atomic E-state index is -0.274. The van der Waals surface area contributed by atoms with Crippen LogP contribution in [-0.2, 0) is 15.7 Å². The summed E-state index contributed by atoms with van der Waals surface area (Å²) in [6.07, 6.45) is 6.41. The van der Waals surface area contributed by atoms with Gasteiger partial charge in [0.1, 0.15) is 0 Å². The van der Waals surface area contributed by atoms with Crippen LogP contribution in [0, 0.1) is 5.92 Å². The highest BCUT2D eigenvalue weighted by Crippen LogP contribution is 2.36. The maximum absolute atomic E-state index is 6.12. The summed E-state index contributed by atoms with van der Waals surface area (Å²) < 4.78 is 12.2. The van der Waals surface area contributed by atoms with E-state index in [1.165, 1.54) is 37.7 Å². The first-order valence-corrected chi connectivity index (χ1v) is 9.23. The fourth-order valence-corrected chi connectivity index (χ4v) is 3.07. The highest BCUT2D eigenvalue weighted by molar-refractivity contribution is 6.62. The van der Waals surface area contributed by atoms with Gasteiger partial charge in [-0.05, 0) is 51.1 Å². The molecule has 1 aliphatic heterocycles. The van der Waals surface area contributed by atoms with Gasteiger partial charge in [-0.2, -0.15) is 0 Å². The summed E-state index contributed by atoms with van der Waals surface area (Å²) in [6, 6.07) is 8.83. The lowest BCUT2D eigenvalue weighted by Gasteiger charge is -2.32. The highest BCUT2D eigenvalue weighted by atomic mass is 16.7. The molecule has 0 aromatic heterocycles. The Morgan fingerprint density at radius 2 is 1.52 bits per heavy atom. The molecule has 0 spiro atoms. The maximum Gasteiger partial charge on any atom is 0.494 e. The lowest BCUT2D eigenvalue weighted by atomic mass is 9.78. The number of benzene rings is 1. The van der Waals surface area contributed by atoms with Crippen LogP contribution in [0.2, 0.25) is 0 Å². The Morgan fingerprint density at radius 3 is 2.00 bits per heavy atom. The molecule has 1 heterocycles. The zero-order chi connectivity index (χ0) is 17.1. The zero-order valence-electron chi connectivity index (χ0n) is 15.8. The molecular formula is C20H33BO2. The number of hydrogen-bond acceptors (Lipinski definition) is 2. The largest absolute Gasteiger partial charge is 0.494 e. The van der Waals surface area contributed by atoms with Crippen molar-refractivity contribution in [3.8, 4) is 0 Å². The average Bonchev–Trinajstić information content (AvgIpc) is 2.72. The first-order valence-electron chi connectivity index (χ1n) is 9.23. The van der Waals surface area contributed by atoms with Crippen molar-refractivity contribution in [3.63, 3.8) is 0 Å². The van der Waals surface area contributed by atoms with Crippen molar-refractivity contribution in [2.24, 2.45) is 5.92 Å². The molecule has 0 amide bonds. The summed E-state index contributed by atoms with van der Waals surface area (Å²) in [4.78, 5) is 0. The summed E-state index contributed by atoms with van der Waals surface area (Å²) in [5.41, 5.74) is 2.00. The molecule has 1 saturated heterocycles. The van der Waals surface area contributed by atoms with Crippen LogP contribution in [0.25, 0.3) is 0 Å². The van der Waals surface area contributed by atoms with Crippen LogP contribution in [0.4, 0.5) is 0 Å². The van der Waals surface area contributed by atoms with Gasteiger partial charge in [0.05, 0.1) is 11.2 Å². The smallest absolute Gasteiger partial charge is 0.399 e. The molecule has 1 atom stereocenters. The maximum atomic E-state index is 6.12. The fraction of sp³-hybridized carbons (Fsp3) is 0.700. The number of rotatable bonds is 7. The first kappa shape index (κ1) is 18.5. The predicted octanol–water partition coefficient (Wildman–Crippen LogP) is 4.74. The third-order valence-electron chi connectivity index (χ3n) is 5.57. The second kappa shape index (κ2) is 7.40. The van der Waals surface area contributed by atoms with E-state index >= 15 is 0 Å². The topological polar surface area (TPSA) is 18.5 Å². The molecule has 0 bridgehead atoms. The monoisotopic (exact) mass is 316 g/mol. The minimum absolute atomic E-state index is 0.254. The molecule has 1 aliphatic rings. The normalized spacial score (nSPS) is 20.7. The van der Waals surface area contributed by atoms with Crippen LogP contribution in [0.15, 0.2) is 24.3 Å². The first-order chi connectivity index (χ1) is 10.8. The molecule has 0 N–H and O–H groups in total. The molecule has 3 heteroatoms. The molecule has 23 heavy (non-hydrogen) atoms. The van der Waals surface area contributed by atoms with Gasteiger partial charge in [-0.3, -0.25) is 0 Å². The molecule has 1 fully saturated rings. The molecule has 128 valence electrons. The van der Waals surface area contributed by atoms with Gasteiger partial charge in [0, 0.05) is 0 Å². The Hall–Kier alpha value is -0.795. The third kappa shape index (κ3) is 4.39. The summed E-state index contributed by atoms with van der Waals surface area (Å²) in [7, 11) is -0.254. The summed E-state index contributed by atoms with van der Waals surface area (Å²) in [6.45, 7) is 13.0. The summed E-state index contributed by atoms with van der Waals surface area (Å²) in [5.74, 6) is 0.803. The number of hydrogen-bond donors (Lipinski definition) is 0. The summed E-state index contributed by atoms with van der Waals surface area (Å²) >= 11 is 0. The van der Waals surface area contributed by atoms with Crippen LogP contribution in [0.3, 0.4) is 0 Å². The zero-order valence-corrected chi connectivity index (χ0v) is 15.8. The van der Waals surface area contributed by atoms with Gasteiger partial charge in [0.25, 0.3) is 0 Å². The van der Waals surface area contributed by atoms with Crippen LogP contribution >= 0.6 is 0 Å². The van der Waals surface area contributed by atoms with Crippen molar-refractivity contribution in [1.82, 2.24) is 0 Å². The van der Waals surface area contributed by atoms with E-state index in [2.05, 4.69) is 65.8 Å². The van der Waals surface area contributed by atoms with E-state index in [-0.39, 0.29) is 18.3 Å². The fourth-order valence-electron chi connectivity index (χ4n) is 3.07. The van der Waals surface area contributed by atoms with Crippen molar-refractivity contribution in [2.45, 2.75) is 84.8 Å². The molecule has 0 saturated carbocycles. The lowest BCUT2D eigenvalue weighted by molar-refractivity contribution is 0.00578. The van der Waals surface area contributed by atoms with Gasteiger partial charge in [0.2, 0.25) is 0 Å². The van der Waals surface area contributed by atoms with Crippen LogP contribution in [0.5, 0.6) is 0 Å². The van der Waals surface area contributed by atoms with Crippen LogP contribution in [-0.4, -0.2) is 18.3 Å². The van der Waals surface area contributed by atoms with E-state index in [9.17, 15) is 0 Å². The molecule has 0 aliphatic carbocycles. The van der Waals surface area contributed by atoms with Crippen molar-refractivity contribution in [3.05, 3.63) is 29.8 Å². The van der Waals surface area contributed by atoms with Gasteiger partial charge in [-0.15, -0.1) is 0 Å². The van der Waals surface area contributed by atoms with Crippen molar-refractivity contribution in [1.29, 1.82) is 0 Å². The van der Waals surface area contributed by atoms with Crippen molar-refractivity contribution in [2.75, 3.05) is 0 Å². The number of unbranched alkanes of at least 4 members (excludes halogenated alkanes) is 1. The summed E-state index contributed by atoms with van der Waals surface area (Å²) in [5, 5.41) is 0. The van der Waals surface area contributed by atoms with E-state index in [1.807, 2.05) is 0 Å². The Bertz CT molecular complexity index is 477. The molecule has 2 rings (SSSR count). The van der Waals surface area contributed by atoms with E-state index in [1.54, 1.807) is 0 Å². The molecular weight excluding hydrogens is 283 g/mol.